The highest BCUT2D eigenvalue weighted by molar-refractivity contribution is 5.78. The molecule has 5 heteroatoms. The SMILES string of the molecule is CCO[C@H]1CN(C)C[C@@H]1NC(=O)COc1cccc(C)c1C. The minimum Gasteiger partial charge on any atom is -0.483 e. The van der Waals surface area contributed by atoms with Crippen LogP contribution in [0, 0.1) is 13.8 Å². The lowest BCUT2D eigenvalue weighted by atomic mass is 10.1. The number of benzene rings is 1. The number of nitrogens with one attached hydrogen (secondary N) is 1. The van der Waals surface area contributed by atoms with Gasteiger partial charge in [-0.15, -0.1) is 0 Å². The largest absolute Gasteiger partial charge is 0.483 e. The first kappa shape index (κ1) is 16.8. The molecule has 5 nitrogen and oxygen atoms in total. The lowest BCUT2D eigenvalue weighted by Crippen LogP contribution is -2.45. The molecule has 0 aromatic heterocycles. The molecule has 0 aliphatic carbocycles. The predicted molar refractivity (Wildman–Crippen MR) is 86.3 cm³/mol. The van der Waals surface area contributed by atoms with E-state index in [0.29, 0.717) is 6.61 Å². The minimum absolute atomic E-state index is 0.0275. The molecule has 1 aromatic carbocycles. The molecule has 0 bridgehead atoms. The number of aryl methyl sites for hydroxylation is 1. The van der Waals surface area contributed by atoms with Crippen molar-refractivity contribution in [2.24, 2.45) is 0 Å². The van der Waals surface area contributed by atoms with E-state index in [2.05, 4.69) is 10.2 Å². The smallest absolute Gasteiger partial charge is 0.258 e. The molecule has 122 valence electrons. The number of likely N-dealkylation sites (tertiary alicyclic amines) is 1. The lowest BCUT2D eigenvalue weighted by Gasteiger charge is -2.20. The van der Waals surface area contributed by atoms with Crippen LogP contribution in [-0.4, -0.2) is 56.3 Å². The second kappa shape index (κ2) is 7.61. The van der Waals surface area contributed by atoms with Crippen molar-refractivity contribution in [1.82, 2.24) is 10.2 Å². The van der Waals surface area contributed by atoms with Crippen LogP contribution in [0.15, 0.2) is 18.2 Å². The summed E-state index contributed by atoms with van der Waals surface area (Å²) in [6, 6.07) is 5.89. The van der Waals surface area contributed by atoms with Crippen LogP contribution >= 0.6 is 0 Å². The molecule has 1 fully saturated rings. The van der Waals surface area contributed by atoms with Crippen LogP contribution in [0.2, 0.25) is 0 Å². The maximum Gasteiger partial charge on any atom is 0.258 e. The summed E-state index contributed by atoms with van der Waals surface area (Å²) in [5.41, 5.74) is 2.23. The standard InChI is InChI=1S/C17H26N2O3/c1-5-21-16-10-19(4)9-14(16)18-17(20)11-22-15-8-6-7-12(2)13(15)3/h6-8,14,16H,5,9-11H2,1-4H3,(H,18,20)/t14-,16-/m0/s1. The third-order valence-corrected chi connectivity index (χ3v) is 4.09. The average molecular weight is 306 g/mol. The number of amides is 1. The van der Waals surface area contributed by atoms with E-state index < -0.39 is 0 Å². The Morgan fingerprint density at radius 3 is 2.86 bits per heavy atom. The molecule has 2 atom stereocenters. The van der Waals surface area contributed by atoms with E-state index in [-0.39, 0.29) is 24.7 Å². The Labute approximate surface area is 132 Å². The molecule has 0 spiro atoms. The summed E-state index contributed by atoms with van der Waals surface area (Å²) in [5, 5.41) is 3.02. The van der Waals surface area contributed by atoms with Crippen molar-refractivity contribution in [2.45, 2.75) is 32.9 Å². The van der Waals surface area contributed by atoms with Crippen LogP contribution < -0.4 is 10.1 Å². The summed E-state index contributed by atoms with van der Waals surface area (Å²) in [5.74, 6) is 0.658. The van der Waals surface area contributed by atoms with E-state index in [1.54, 1.807) is 0 Å². The van der Waals surface area contributed by atoms with Gasteiger partial charge in [0.25, 0.3) is 5.91 Å². The van der Waals surface area contributed by atoms with E-state index in [9.17, 15) is 4.79 Å². The fourth-order valence-electron chi connectivity index (χ4n) is 2.76. The number of carbonyl (C=O) groups is 1. The Hall–Kier alpha value is -1.59. The number of carbonyl (C=O) groups excluding carboxylic acids is 1. The molecule has 22 heavy (non-hydrogen) atoms. The maximum absolute atomic E-state index is 12.1. The van der Waals surface area contributed by atoms with Gasteiger partial charge >= 0.3 is 0 Å². The Morgan fingerprint density at radius 2 is 2.14 bits per heavy atom. The van der Waals surface area contributed by atoms with E-state index in [1.165, 1.54) is 0 Å². The van der Waals surface area contributed by atoms with E-state index in [0.717, 1.165) is 30.0 Å². The normalized spacial score (nSPS) is 21.8. The molecule has 0 radical (unpaired) electrons. The maximum atomic E-state index is 12.1. The highest BCUT2D eigenvalue weighted by atomic mass is 16.5. The predicted octanol–water partition coefficient (Wildman–Crippen LogP) is 1.52. The topological polar surface area (TPSA) is 50.8 Å². The quantitative estimate of drug-likeness (QED) is 0.866. The summed E-state index contributed by atoms with van der Waals surface area (Å²) in [4.78, 5) is 14.3. The fraction of sp³-hybridized carbons (Fsp3) is 0.588. The van der Waals surface area contributed by atoms with Gasteiger partial charge in [-0.1, -0.05) is 12.1 Å². The zero-order valence-corrected chi connectivity index (χ0v) is 13.9. The van der Waals surface area contributed by atoms with Crippen LogP contribution in [-0.2, 0) is 9.53 Å². The fourth-order valence-corrected chi connectivity index (χ4v) is 2.76. The molecular weight excluding hydrogens is 280 g/mol. The van der Waals surface area contributed by atoms with Gasteiger partial charge in [0.15, 0.2) is 6.61 Å². The highest BCUT2D eigenvalue weighted by Gasteiger charge is 2.32. The summed E-state index contributed by atoms with van der Waals surface area (Å²) in [7, 11) is 2.03. The molecule has 2 rings (SSSR count). The lowest BCUT2D eigenvalue weighted by molar-refractivity contribution is -0.124. The monoisotopic (exact) mass is 306 g/mol. The second-order valence-corrected chi connectivity index (χ2v) is 5.88. The number of hydrogen-bond donors (Lipinski definition) is 1. The van der Waals surface area contributed by atoms with Gasteiger partial charge in [0.2, 0.25) is 0 Å². The van der Waals surface area contributed by atoms with Crippen molar-refractivity contribution in [3.63, 3.8) is 0 Å². The van der Waals surface area contributed by atoms with Crippen molar-refractivity contribution < 1.29 is 14.3 Å². The molecule has 1 N–H and O–H groups in total. The summed E-state index contributed by atoms with van der Waals surface area (Å²) >= 11 is 0. The van der Waals surface area contributed by atoms with Crippen LogP contribution in [0.1, 0.15) is 18.1 Å². The molecule has 1 aromatic rings. The second-order valence-electron chi connectivity index (χ2n) is 5.88. The number of nitrogens with zero attached hydrogens (tertiary/aromatic N) is 1. The Balaban J connectivity index is 1.86. The Bertz CT molecular complexity index is 519. The van der Waals surface area contributed by atoms with E-state index in [4.69, 9.17) is 9.47 Å². The molecule has 1 heterocycles. The molecule has 1 aliphatic rings. The summed E-state index contributed by atoms with van der Waals surface area (Å²) < 4.78 is 11.3. The molecule has 1 aliphatic heterocycles. The van der Waals surface area contributed by atoms with Crippen molar-refractivity contribution in [1.29, 1.82) is 0 Å². The first-order valence-corrected chi connectivity index (χ1v) is 7.79. The molecule has 1 saturated heterocycles. The minimum atomic E-state index is -0.106. The average Bonchev–Trinajstić information content (AvgIpc) is 2.81. The third kappa shape index (κ3) is 4.21. The number of ether oxygens (including phenoxy) is 2. The Morgan fingerprint density at radius 1 is 1.36 bits per heavy atom. The number of hydrogen-bond acceptors (Lipinski definition) is 4. The first-order valence-electron chi connectivity index (χ1n) is 7.79. The number of likely N-dealkylation sites (N-methyl/N-ethyl adjacent to an activating group) is 1. The van der Waals surface area contributed by atoms with E-state index in [1.807, 2.05) is 46.0 Å². The van der Waals surface area contributed by atoms with Gasteiger partial charge < -0.3 is 19.7 Å². The van der Waals surface area contributed by atoms with Gasteiger partial charge in [-0.3, -0.25) is 4.79 Å². The summed E-state index contributed by atoms with van der Waals surface area (Å²) in [6.45, 7) is 8.34. The number of rotatable bonds is 6. The van der Waals surface area contributed by atoms with Gasteiger partial charge in [-0.25, -0.2) is 0 Å². The molecular formula is C17H26N2O3. The molecule has 1 amide bonds. The molecule has 0 saturated carbocycles. The van der Waals surface area contributed by atoms with E-state index >= 15 is 0 Å². The summed E-state index contributed by atoms with van der Waals surface area (Å²) in [6.07, 6.45) is 0.0552. The third-order valence-electron chi connectivity index (χ3n) is 4.09. The van der Waals surface area contributed by atoms with Crippen LogP contribution in [0.5, 0.6) is 5.75 Å². The Kier molecular flexibility index (Phi) is 5.80. The van der Waals surface area contributed by atoms with Crippen molar-refractivity contribution in [3.8, 4) is 5.75 Å². The van der Waals surface area contributed by atoms with Gasteiger partial charge in [0, 0.05) is 19.7 Å². The molecule has 0 unspecified atom stereocenters. The highest BCUT2D eigenvalue weighted by Crippen LogP contribution is 2.20. The van der Waals surface area contributed by atoms with Gasteiger partial charge in [0.1, 0.15) is 5.75 Å². The van der Waals surface area contributed by atoms with Gasteiger partial charge in [-0.05, 0) is 45.0 Å². The van der Waals surface area contributed by atoms with Crippen molar-refractivity contribution >= 4 is 5.91 Å². The van der Waals surface area contributed by atoms with Crippen LogP contribution in [0.25, 0.3) is 0 Å². The van der Waals surface area contributed by atoms with Crippen LogP contribution in [0.4, 0.5) is 0 Å². The first-order chi connectivity index (χ1) is 10.5. The van der Waals surface area contributed by atoms with Gasteiger partial charge in [0.05, 0.1) is 12.1 Å². The van der Waals surface area contributed by atoms with Crippen molar-refractivity contribution in [3.05, 3.63) is 29.3 Å². The zero-order chi connectivity index (χ0) is 16.1. The van der Waals surface area contributed by atoms with Crippen molar-refractivity contribution in [2.75, 3.05) is 33.4 Å². The zero-order valence-electron chi connectivity index (χ0n) is 13.9. The van der Waals surface area contributed by atoms with Gasteiger partial charge in [-0.2, -0.15) is 0 Å². The van der Waals surface area contributed by atoms with Crippen LogP contribution in [0.3, 0.4) is 0 Å².